The van der Waals surface area contributed by atoms with E-state index in [0.29, 0.717) is 18.6 Å². The van der Waals surface area contributed by atoms with Crippen LogP contribution in [0.5, 0.6) is 0 Å². The van der Waals surface area contributed by atoms with Gasteiger partial charge in [-0.25, -0.2) is 4.98 Å². The van der Waals surface area contributed by atoms with Crippen LogP contribution in [0.2, 0.25) is 0 Å². The molecular weight excluding hydrogens is 453 g/mol. The minimum absolute atomic E-state index is 0. The molecule has 7 nitrogen and oxygen atoms in total. The lowest BCUT2D eigenvalue weighted by molar-refractivity contribution is 0.167. The molecule has 148 valence electrons. The third kappa shape index (κ3) is 6.17. The second-order valence-corrected chi connectivity index (χ2v) is 7.01. The number of guanidine groups is 1. The smallest absolute Gasteiger partial charge is 0.191 e. The van der Waals surface area contributed by atoms with Crippen molar-refractivity contribution in [2.45, 2.75) is 45.3 Å². The molecule has 2 aromatic rings. The van der Waals surface area contributed by atoms with Crippen molar-refractivity contribution in [2.24, 2.45) is 4.99 Å². The molecule has 1 aromatic carbocycles. The van der Waals surface area contributed by atoms with Crippen molar-refractivity contribution in [3.8, 4) is 11.4 Å². The molecule has 1 fully saturated rings. The first-order valence-electron chi connectivity index (χ1n) is 9.31. The summed E-state index contributed by atoms with van der Waals surface area (Å²) in [5, 5.41) is 13.8. The number of H-pyrrole nitrogens is 1. The summed E-state index contributed by atoms with van der Waals surface area (Å²) in [6, 6.07) is 9.39. The first-order valence-corrected chi connectivity index (χ1v) is 9.31. The number of rotatable bonds is 5. The number of hydrogen-bond acceptors (Lipinski definition) is 4. The Balaban J connectivity index is 0.00000261. The van der Waals surface area contributed by atoms with E-state index in [-0.39, 0.29) is 24.0 Å². The van der Waals surface area contributed by atoms with Crippen LogP contribution in [0, 0.1) is 0 Å². The Morgan fingerprint density at radius 1 is 1.33 bits per heavy atom. The molecular formula is C19H30IN7. The van der Waals surface area contributed by atoms with E-state index < -0.39 is 0 Å². The van der Waals surface area contributed by atoms with Crippen LogP contribution < -0.4 is 10.6 Å². The van der Waals surface area contributed by atoms with Crippen molar-refractivity contribution < 1.29 is 0 Å². The van der Waals surface area contributed by atoms with E-state index in [0.717, 1.165) is 43.3 Å². The molecule has 0 spiro atoms. The fourth-order valence-corrected chi connectivity index (χ4v) is 3.31. The third-order valence-electron chi connectivity index (χ3n) is 4.90. The maximum atomic E-state index is 4.38. The molecule has 3 N–H and O–H groups in total. The van der Waals surface area contributed by atoms with Gasteiger partial charge in [-0.15, -0.1) is 24.0 Å². The molecule has 0 amide bonds. The monoisotopic (exact) mass is 483 g/mol. The van der Waals surface area contributed by atoms with Gasteiger partial charge in [-0.05, 0) is 38.3 Å². The average Bonchev–Trinajstić information content (AvgIpc) is 3.20. The van der Waals surface area contributed by atoms with E-state index in [9.17, 15) is 0 Å². The van der Waals surface area contributed by atoms with Gasteiger partial charge >= 0.3 is 0 Å². The van der Waals surface area contributed by atoms with Gasteiger partial charge in [0.05, 0.1) is 0 Å². The third-order valence-corrected chi connectivity index (χ3v) is 4.90. The van der Waals surface area contributed by atoms with E-state index in [4.69, 9.17) is 0 Å². The number of aromatic nitrogens is 3. The van der Waals surface area contributed by atoms with Gasteiger partial charge in [0.1, 0.15) is 6.33 Å². The van der Waals surface area contributed by atoms with Gasteiger partial charge in [0, 0.05) is 44.3 Å². The number of nitrogens with one attached hydrogen (secondary N) is 3. The summed E-state index contributed by atoms with van der Waals surface area (Å²) < 4.78 is 0. The lowest BCUT2D eigenvalue weighted by atomic mass is 10.0. The van der Waals surface area contributed by atoms with Gasteiger partial charge in [0.25, 0.3) is 0 Å². The van der Waals surface area contributed by atoms with Gasteiger partial charge in [-0.1, -0.05) is 18.2 Å². The lowest BCUT2D eigenvalue weighted by Gasteiger charge is -2.35. The number of benzene rings is 1. The van der Waals surface area contributed by atoms with Gasteiger partial charge in [0.15, 0.2) is 11.8 Å². The topological polar surface area (TPSA) is 81.2 Å². The zero-order chi connectivity index (χ0) is 18.4. The van der Waals surface area contributed by atoms with Crippen LogP contribution in [-0.2, 0) is 6.54 Å². The minimum atomic E-state index is 0. The molecule has 27 heavy (non-hydrogen) atoms. The largest absolute Gasteiger partial charge is 0.354 e. The summed E-state index contributed by atoms with van der Waals surface area (Å²) in [6.07, 6.45) is 3.83. The van der Waals surface area contributed by atoms with Gasteiger partial charge in [-0.3, -0.25) is 10.1 Å². The van der Waals surface area contributed by atoms with E-state index >= 15 is 0 Å². The van der Waals surface area contributed by atoms with Crippen molar-refractivity contribution in [1.29, 1.82) is 0 Å². The standard InChI is InChI=1S/C19H29N7.HI/c1-14(2)26-9-7-17(8-10-26)24-19(20-3)21-12-15-5-4-6-16(11-15)18-22-13-23-25-18;/h4-6,11,13-14,17H,7-10,12H2,1-3H3,(H2,20,21,24)(H,22,23,25);1H. The maximum Gasteiger partial charge on any atom is 0.191 e. The number of halogens is 1. The molecule has 1 aromatic heterocycles. The molecule has 0 bridgehead atoms. The Morgan fingerprint density at radius 2 is 2.11 bits per heavy atom. The lowest BCUT2D eigenvalue weighted by Crippen LogP contribution is -2.49. The summed E-state index contributed by atoms with van der Waals surface area (Å²) in [5.41, 5.74) is 2.21. The summed E-state index contributed by atoms with van der Waals surface area (Å²) in [4.78, 5) is 11.1. The number of likely N-dealkylation sites (tertiary alicyclic amines) is 1. The van der Waals surface area contributed by atoms with Crippen LogP contribution in [0.1, 0.15) is 32.3 Å². The second kappa shape index (κ2) is 10.6. The van der Waals surface area contributed by atoms with Crippen molar-refractivity contribution in [2.75, 3.05) is 20.1 Å². The Morgan fingerprint density at radius 3 is 2.74 bits per heavy atom. The molecule has 3 rings (SSSR count). The highest BCUT2D eigenvalue weighted by molar-refractivity contribution is 14.0. The van der Waals surface area contributed by atoms with Crippen molar-refractivity contribution in [3.63, 3.8) is 0 Å². The predicted molar refractivity (Wildman–Crippen MR) is 120 cm³/mol. The summed E-state index contributed by atoms with van der Waals surface area (Å²) in [6.45, 7) is 7.53. The normalized spacial score (nSPS) is 16.2. The second-order valence-electron chi connectivity index (χ2n) is 7.01. The Kier molecular flexibility index (Phi) is 8.49. The van der Waals surface area contributed by atoms with Crippen LogP contribution in [0.3, 0.4) is 0 Å². The first-order chi connectivity index (χ1) is 12.7. The van der Waals surface area contributed by atoms with E-state index in [2.05, 4.69) is 61.7 Å². The Bertz CT molecular complexity index is 707. The fourth-order valence-electron chi connectivity index (χ4n) is 3.31. The zero-order valence-electron chi connectivity index (χ0n) is 16.3. The van der Waals surface area contributed by atoms with Gasteiger partial charge in [-0.2, -0.15) is 5.10 Å². The van der Waals surface area contributed by atoms with Crippen LogP contribution >= 0.6 is 24.0 Å². The molecule has 0 saturated carbocycles. The molecule has 0 aliphatic carbocycles. The highest BCUT2D eigenvalue weighted by atomic mass is 127. The number of aromatic amines is 1. The van der Waals surface area contributed by atoms with Crippen molar-refractivity contribution in [1.82, 2.24) is 30.7 Å². The number of piperidine rings is 1. The highest BCUT2D eigenvalue weighted by Crippen LogP contribution is 2.15. The zero-order valence-corrected chi connectivity index (χ0v) is 18.6. The molecule has 2 heterocycles. The van der Waals surface area contributed by atoms with Gasteiger partial charge < -0.3 is 15.5 Å². The number of hydrogen-bond donors (Lipinski definition) is 3. The highest BCUT2D eigenvalue weighted by Gasteiger charge is 2.21. The molecule has 1 saturated heterocycles. The van der Waals surface area contributed by atoms with Crippen LogP contribution in [0.4, 0.5) is 0 Å². The first kappa shape index (κ1) is 21.6. The molecule has 1 aliphatic heterocycles. The summed E-state index contributed by atoms with van der Waals surface area (Å²) in [5.74, 6) is 1.64. The van der Waals surface area contributed by atoms with Crippen molar-refractivity contribution >= 4 is 29.9 Å². The minimum Gasteiger partial charge on any atom is -0.354 e. The summed E-state index contributed by atoms with van der Waals surface area (Å²) >= 11 is 0. The molecule has 8 heteroatoms. The van der Waals surface area contributed by atoms with E-state index in [1.807, 2.05) is 19.2 Å². The molecule has 0 radical (unpaired) electrons. The van der Waals surface area contributed by atoms with Gasteiger partial charge in [0.2, 0.25) is 0 Å². The molecule has 0 unspecified atom stereocenters. The van der Waals surface area contributed by atoms with E-state index in [1.165, 1.54) is 11.9 Å². The Labute approximate surface area is 178 Å². The number of nitrogens with zero attached hydrogens (tertiary/aromatic N) is 4. The average molecular weight is 483 g/mol. The van der Waals surface area contributed by atoms with Crippen LogP contribution in [0.15, 0.2) is 35.6 Å². The molecule has 1 aliphatic rings. The Hall–Kier alpha value is -1.68. The molecule has 0 atom stereocenters. The predicted octanol–water partition coefficient (Wildman–Crippen LogP) is 2.63. The number of aliphatic imine (C=N–C) groups is 1. The fraction of sp³-hybridized carbons (Fsp3) is 0.526. The van der Waals surface area contributed by atoms with Crippen LogP contribution in [-0.4, -0.2) is 58.3 Å². The quantitative estimate of drug-likeness (QED) is 0.346. The van der Waals surface area contributed by atoms with E-state index in [1.54, 1.807) is 0 Å². The summed E-state index contributed by atoms with van der Waals surface area (Å²) in [7, 11) is 1.82. The SMILES string of the molecule is CN=C(NCc1cccc(-c2ncn[nH]2)c1)NC1CCN(C(C)C)CC1.I. The van der Waals surface area contributed by atoms with Crippen molar-refractivity contribution in [3.05, 3.63) is 36.2 Å². The maximum absolute atomic E-state index is 4.38. The van der Waals surface area contributed by atoms with Crippen LogP contribution in [0.25, 0.3) is 11.4 Å².